The molecule has 0 saturated carbocycles. The molecule has 5 aromatic rings. The maximum absolute atomic E-state index is 3.67. The van der Waals surface area contributed by atoms with Crippen LogP contribution in [0.25, 0.3) is 42.0 Å². The number of aromatic nitrogens is 1. The van der Waals surface area contributed by atoms with Crippen LogP contribution in [0.5, 0.6) is 0 Å². The molecule has 150 valence electrons. The number of hydrogen-bond donors (Lipinski definition) is 0. The van der Waals surface area contributed by atoms with Crippen LogP contribution in [0.4, 0.5) is 0 Å². The van der Waals surface area contributed by atoms with Crippen molar-refractivity contribution in [3.63, 3.8) is 0 Å². The number of nitrogens with zero attached hydrogens (tertiary/aromatic N) is 1. The zero-order chi connectivity index (χ0) is 20.0. The highest BCUT2D eigenvalue weighted by atomic mass is 79.9. The van der Waals surface area contributed by atoms with Crippen molar-refractivity contribution in [3.05, 3.63) is 44.0 Å². The minimum Gasteiger partial charge on any atom is -0.340 e. The first kappa shape index (κ1) is 20.0. The van der Waals surface area contributed by atoms with Crippen molar-refractivity contribution in [2.45, 2.75) is 52.0 Å². The predicted molar refractivity (Wildman–Crippen MR) is 139 cm³/mol. The lowest BCUT2D eigenvalue weighted by atomic mass is 10.1. The van der Waals surface area contributed by atoms with Crippen molar-refractivity contribution in [3.8, 4) is 0 Å². The molecule has 3 aromatic heterocycles. The van der Waals surface area contributed by atoms with Crippen LogP contribution in [0, 0.1) is 0 Å². The Morgan fingerprint density at radius 2 is 1.21 bits per heavy atom. The fraction of sp³-hybridized carbons (Fsp3) is 0.333. The van der Waals surface area contributed by atoms with Crippen molar-refractivity contribution >= 4 is 96.5 Å². The minimum absolute atomic E-state index is 1.10. The Kier molecular flexibility index (Phi) is 5.76. The average Bonchev–Trinajstić information content (AvgIpc) is 3.32. The van der Waals surface area contributed by atoms with Gasteiger partial charge in [-0.15, -0.1) is 22.7 Å². The van der Waals surface area contributed by atoms with Crippen LogP contribution in [-0.4, -0.2) is 4.57 Å². The van der Waals surface area contributed by atoms with Gasteiger partial charge in [0.15, 0.2) is 0 Å². The van der Waals surface area contributed by atoms with Gasteiger partial charge in [0.25, 0.3) is 0 Å². The summed E-state index contributed by atoms with van der Waals surface area (Å²) < 4.78 is 7.69. The summed E-state index contributed by atoms with van der Waals surface area (Å²) >= 11 is 11.0. The SMILES string of the molecule is CCCCCCCCn1c2cc3cc(Br)sc3cc2c2cc3sc(Br)cc3cc21. The monoisotopic (exact) mass is 547 g/mol. The van der Waals surface area contributed by atoms with Crippen LogP contribution in [-0.2, 0) is 6.54 Å². The van der Waals surface area contributed by atoms with Gasteiger partial charge in [-0.25, -0.2) is 0 Å². The van der Waals surface area contributed by atoms with E-state index >= 15 is 0 Å². The molecule has 0 N–H and O–H groups in total. The molecule has 1 nitrogen and oxygen atoms in total. The van der Waals surface area contributed by atoms with Gasteiger partial charge in [0.1, 0.15) is 0 Å². The molecule has 0 fully saturated rings. The van der Waals surface area contributed by atoms with Gasteiger partial charge in [-0.3, -0.25) is 0 Å². The molecule has 0 aliphatic rings. The Labute approximate surface area is 196 Å². The highest BCUT2D eigenvalue weighted by Crippen LogP contribution is 2.40. The van der Waals surface area contributed by atoms with Crippen molar-refractivity contribution in [2.75, 3.05) is 0 Å². The second-order valence-corrected chi connectivity index (χ2v) is 12.8. The first-order valence-corrected chi connectivity index (χ1v) is 13.6. The highest BCUT2D eigenvalue weighted by Gasteiger charge is 2.15. The molecule has 5 heteroatoms. The molecule has 0 aliphatic heterocycles. The molecule has 2 aromatic carbocycles. The summed E-state index contributed by atoms with van der Waals surface area (Å²) in [7, 11) is 0. The smallest absolute Gasteiger partial charge is 0.0711 e. The molecule has 0 radical (unpaired) electrons. The quantitative estimate of drug-likeness (QED) is 0.178. The number of unbranched alkanes of at least 4 members (excludes halogenated alkanes) is 5. The first-order valence-electron chi connectivity index (χ1n) is 10.4. The molecule has 0 bridgehead atoms. The van der Waals surface area contributed by atoms with Gasteiger partial charge in [-0.2, -0.15) is 0 Å². The molecule has 0 saturated heterocycles. The number of aryl methyl sites for hydroxylation is 1. The molecule has 0 atom stereocenters. The van der Waals surface area contributed by atoms with Gasteiger partial charge in [0.2, 0.25) is 0 Å². The maximum atomic E-state index is 3.67. The van der Waals surface area contributed by atoms with Gasteiger partial charge >= 0.3 is 0 Å². The zero-order valence-corrected chi connectivity index (χ0v) is 21.2. The molecular formula is C24H23Br2NS2. The van der Waals surface area contributed by atoms with Crippen LogP contribution >= 0.6 is 54.5 Å². The molecule has 5 rings (SSSR count). The summed E-state index contributed by atoms with van der Waals surface area (Å²) in [5, 5.41) is 5.45. The van der Waals surface area contributed by atoms with Crippen LogP contribution < -0.4 is 0 Å². The van der Waals surface area contributed by atoms with Crippen molar-refractivity contribution in [2.24, 2.45) is 0 Å². The Balaban J connectivity index is 1.63. The van der Waals surface area contributed by atoms with E-state index in [0.29, 0.717) is 0 Å². The van der Waals surface area contributed by atoms with E-state index in [9.17, 15) is 0 Å². The summed E-state index contributed by atoms with van der Waals surface area (Å²) in [5.41, 5.74) is 2.76. The lowest BCUT2D eigenvalue weighted by molar-refractivity contribution is 0.571. The fourth-order valence-corrected chi connectivity index (χ4v) is 7.54. The zero-order valence-electron chi connectivity index (χ0n) is 16.4. The van der Waals surface area contributed by atoms with E-state index in [-0.39, 0.29) is 0 Å². The lowest BCUT2D eigenvalue weighted by Gasteiger charge is -2.08. The van der Waals surface area contributed by atoms with Gasteiger partial charge in [-0.05, 0) is 85.5 Å². The second kappa shape index (κ2) is 8.33. The molecule has 0 aliphatic carbocycles. The van der Waals surface area contributed by atoms with E-state index in [4.69, 9.17) is 0 Å². The van der Waals surface area contributed by atoms with E-state index in [2.05, 4.69) is 79.7 Å². The molecule has 0 amide bonds. The summed E-state index contributed by atoms with van der Waals surface area (Å²) in [4.78, 5) is 0. The van der Waals surface area contributed by atoms with Crippen LogP contribution in [0.2, 0.25) is 0 Å². The van der Waals surface area contributed by atoms with Crippen LogP contribution in [0.15, 0.2) is 44.0 Å². The normalized spacial score (nSPS) is 12.2. The number of thiophene rings is 2. The van der Waals surface area contributed by atoms with E-state index < -0.39 is 0 Å². The Hall–Kier alpha value is -0.880. The standard InChI is InChI=1S/C24H23Br2NS2/c1-2-3-4-5-6-7-8-27-19-9-15-11-23(25)28-21(15)13-17(19)18-14-22-16(10-20(18)27)12-24(26)29-22/h9-14H,2-8H2,1H3. The minimum atomic E-state index is 1.10. The van der Waals surface area contributed by atoms with E-state index in [1.54, 1.807) is 0 Å². The average molecular weight is 549 g/mol. The second-order valence-electron chi connectivity index (χ2n) is 7.83. The third kappa shape index (κ3) is 3.80. The lowest BCUT2D eigenvalue weighted by Crippen LogP contribution is -1.97. The Morgan fingerprint density at radius 1 is 0.690 bits per heavy atom. The topological polar surface area (TPSA) is 4.93 Å². The predicted octanol–water partition coefficient (Wildman–Crippen LogP) is 10.1. The van der Waals surface area contributed by atoms with Crippen LogP contribution in [0.1, 0.15) is 45.4 Å². The Bertz CT molecular complexity index is 1230. The fourth-order valence-electron chi connectivity index (χ4n) is 4.38. The highest BCUT2D eigenvalue weighted by molar-refractivity contribution is 9.11. The van der Waals surface area contributed by atoms with Crippen molar-refractivity contribution < 1.29 is 0 Å². The van der Waals surface area contributed by atoms with Crippen LogP contribution in [0.3, 0.4) is 0 Å². The van der Waals surface area contributed by atoms with Gasteiger partial charge in [-0.1, -0.05) is 39.0 Å². The summed E-state index contributed by atoms with van der Waals surface area (Å²) in [5.74, 6) is 0. The maximum Gasteiger partial charge on any atom is 0.0711 e. The molecule has 3 heterocycles. The third-order valence-corrected chi connectivity index (χ3v) is 9.02. The molecule has 0 spiro atoms. The van der Waals surface area contributed by atoms with Crippen molar-refractivity contribution in [1.82, 2.24) is 4.57 Å². The number of hydrogen-bond acceptors (Lipinski definition) is 2. The molecule has 29 heavy (non-hydrogen) atoms. The van der Waals surface area contributed by atoms with Gasteiger partial charge < -0.3 is 4.57 Å². The molecular weight excluding hydrogens is 526 g/mol. The molecule has 0 unspecified atom stereocenters. The summed E-state index contributed by atoms with van der Waals surface area (Å²) in [6, 6.07) is 14.1. The largest absolute Gasteiger partial charge is 0.340 e. The van der Waals surface area contributed by atoms with E-state index in [1.807, 2.05) is 22.7 Å². The summed E-state index contributed by atoms with van der Waals surface area (Å²) in [6.07, 6.45) is 7.97. The third-order valence-electron chi connectivity index (χ3n) is 5.82. The van der Waals surface area contributed by atoms with Gasteiger partial charge in [0, 0.05) is 37.8 Å². The summed E-state index contributed by atoms with van der Waals surface area (Å²) in [6.45, 7) is 3.38. The number of halogens is 2. The van der Waals surface area contributed by atoms with Gasteiger partial charge in [0.05, 0.1) is 7.57 Å². The number of rotatable bonds is 7. The number of benzene rings is 2. The number of fused-ring (bicyclic) bond motifs is 5. The van der Waals surface area contributed by atoms with E-state index in [0.717, 1.165) is 6.54 Å². The van der Waals surface area contributed by atoms with E-state index in [1.165, 1.54) is 88.1 Å². The Morgan fingerprint density at radius 3 is 1.76 bits per heavy atom. The first-order chi connectivity index (χ1) is 14.1. The van der Waals surface area contributed by atoms with Crippen molar-refractivity contribution in [1.29, 1.82) is 0 Å².